The molecule has 0 aliphatic carbocycles. The molecule has 0 aliphatic rings. The Morgan fingerprint density at radius 2 is 2.05 bits per heavy atom. The second kappa shape index (κ2) is 7.05. The van der Waals surface area contributed by atoms with Gasteiger partial charge in [0, 0.05) is 0 Å². The number of aryl methyl sites for hydroxylation is 1. The summed E-state index contributed by atoms with van der Waals surface area (Å²) >= 11 is 0. The lowest BCUT2D eigenvalue weighted by molar-refractivity contribution is 0.289. The van der Waals surface area contributed by atoms with Crippen molar-refractivity contribution < 1.29 is 4.74 Å². The molecule has 1 aromatic heterocycles. The SMILES string of the molecule is CCCC(N)c1cn(CCOc2ccc(C)cc2)nn1. The number of benzene rings is 1. The molecule has 5 heteroatoms. The molecule has 0 fully saturated rings. The van der Waals surface area contributed by atoms with Crippen molar-refractivity contribution in [3.8, 4) is 5.75 Å². The average molecular weight is 274 g/mol. The van der Waals surface area contributed by atoms with Crippen LogP contribution in [0.25, 0.3) is 0 Å². The van der Waals surface area contributed by atoms with Crippen LogP contribution in [0.2, 0.25) is 0 Å². The zero-order valence-corrected chi connectivity index (χ0v) is 12.1. The second-order valence-corrected chi connectivity index (χ2v) is 4.96. The summed E-state index contributed by atoms with van der Waals surface area (Å²) in [4.78, 5) is 0. The lowest BCUT2D eigenvalue weighted by atomic mass is 10.1. The molecule has 1 atom stereocenters. The van der Waals surface area contributed by atoms with Crippen molar-refractivity contribution >= 4 is 0 Å². The molecule has 5 nitrogen and oxygen atoms in total. The molecule has 1 aromatic carbocycles. The Morgan fingerprint density at radius 1 is 1.30 bits per heavy atom. The summed E-state index contributed by atoms with van der Waals surface area (Å²) in [5, 5.41) is 8.18. The van der Waals surface area contributed by atoms with Crippen molar-refractivity contribution in [2.24, 2.45) is 5.73 Å². The summed E-state index contributed by atoms with van der Waals surface area (Å²) in [6, 6.07) is 7.99. The maximum Gasteiger partial charge on any atom is 0.119 e. The normalized spacial score (nSPS) is 12.3. The van der Waals surface area contributed by atoms with Gasteiger partial charge in [0.1, 0.15) is 12.4 Å². The first-order valence-corrected chi connectivity index (χ1v) is 7.04. The Labute approximate surface area is 119 Å². The maximum absolute atomic E-state index is 6.01. The van der Waals surface area contributed by atoms with Crippen molar-refractivity contribution in [3.63, 3.8) is 0 Å². The van der Waals surface area contributed by atoms with E-state index in [1.807, 2.05) is 30.5 Å². The van der Waals surface area contributed by atoms with Crippen LogP contribution < -0.4 is 10.5 Å². The summed E-state index contributed by atoms with van der Waals surface area (Å²) < 4.78 is 7.44. The Balaban J connectivity index is 1.81. The van der Waals surface area contributed by atoms with Crippen molar-refractivity contribution in [2.75, 3.05) is 6.61 Å². The van der Waals surface area contributed by atoms with Gasteiger partial charge in [0.15, 0.2) is 0 Å². The molecule has 2 N–H and O–H groups in total. The highest BCUT2D eigenvalue weighted by atomic mass is 16.5. The van der Waals surface area contributed by atoms with Crippen molar-refractivity contribution in [3.05, 3.63) is 41.7 Å². The van der Waals surface area contributed by atoms with E-state index in [1.165, 1.54) is 5.56 Å². The Bertz CT molecular complexity index is 521. The lowest BCUT2D eigenvalue weighted by Gasteiger charge is -2.06. The van der Waals surface area contributed by atoms with Gasteiger partial charge in [0.05, 0.1) is 24.5 Å². The van der Waals surface area contributed by atoms with Crippen molar-refractivity contribution in [1.82, 2.24) is 15.0 Å². The van der Waals surface area contributed by atoms with Gasteiger partial charge in [-0.2, -0.15) is 0 Å². The van der Waals surface area contributed by atoms with Crippen molar-refractivity contribution in [2.45, 2.75) is 39.3 Å². The van der Waals surface area contributed by atoms with Crippen LogP contribution in [0.1, 0.15) is 37.1 Å². The molecular weight excluding hydrogens is 252 g/mol. The van der Waals surface area contributed by atoms with Crippen LogP contribution in [0, 0.1) is 6.92 Å². The minimum Gasteiger partial charge on any atom is -0.492 e. The van der Waals surface area contributed by atoms with E-state index in [4.69, 9.17) is 10.5 Å². The predicted octanol–water partition coefficient (Wildman–Crippen LogP) is 2.47. The fourth-order valence-electron chi connectivity index (χ4n) is 1.94. The molecule has 1 heterocycles. The van der Waals surface area contributed by atoms with E-state index in [0.29, 0.717) is 13.2 Å². The summed E-state index contributed by atoms with van der Waals surface area (Å²) in [7, 11) is 0. The summed E-state index contributed by atoms with van der Waals surface area (Å²) in [5.74, 6) is 0.874. The quantitative estimate of drug-likeness (QED) is 0.842. The monoisotopic (exact) mass is 274 g/mol. The van der Waals surface area contributed by atoms with Gasteiger partial charge >= 0.3 is 0 Å². The Morgan fingerprint density at radius 3 is 2.75 bits per heavy atom. The van der Waals surface area contributed by atoms with E-state index < -0.39 is 0 Å². The highest BCUT2D eigenvalue weighted by molar-refractivity contribution is 5.26. The van der Waals surface area contributed by atoms with Crippen LogP contribution in [0.3, 0.4) is 0 Å². The number of nitrogens with zero attached hydrogens (tertiary/aromatic N) is 3. The minimum absolute atomic E-state index is 0.0215. The maximum atomic E-state index is 6.01. The number of hydrogen-bond acceptors (Lipinski definition) is 4. The molecule has 0 radical (unpaired) electrons. The third-order valence-corrected chi connectivity index (χ3v) is 3.15. The Hall–Kier alpha value is -1.88. The number of hydrogen-bond donors (Lipinski definition) is 1. The van der Waals surface area contributed by atoms with Crippen LogP contribution in [0.5, 0.6) is 5.75 Å². The van der Waals surface area contributed by atoms with E-state index in [1.54, 1.807) is 4.68 Å². The number of nitrogens with two attached hydrogens (primary N) is 1. The third kappa shape index (κ3) is 4.06. The van der Waals surface area contributed by atoms with E-state index in [9.17, 15) is 0 Å². The number of aromatic nitrogens is 3. The second-order valence-electron chi connectivity index (χ2n) is 4.96. The first kappa shape index (κ1) is 14.5. The minimum atomic E-state index is -0.0215. The highest BCUT2D eigenvalue weighted by Gasteiger charge is 2.09. The van der Waals surface area contributed by atoms with Crippen LogP contribution in [0.4, 0.5) is 0 Å². The summed E-state index contributed by atoms with van der Waals surface area (Å²) in [6.45, 7) is 5.40. The fraction of sp³-hybridized carbons (Fsp3) is 0.467. The molecule has 0 amide bonds. The van der Waals surface area contributed by atoms with E-state index in [2.05, 4.69) is 24.2 Å². The highest BCUT2D eigenvalue weighted by Crippen LogP contribution is 2.13. The molecule has 0 aliphatic heterocycles. The number of ether oxygens (including phenoxy) is 1. The molecule has 0 spiro atoms. The van der Waals surface area contributed by atoms with Crippen LogP contribution in [-0.4, -0.2) is 21.6 Å². The molecule has 2 aromatic rings. The van der Waals surface area contributed by atoms with Gasteiger partial charge < -0.3 is 10.5 Å². The van der Waals surface area contributed by atoms with Crippen LogP contribution >= 0.6 is 0 Å². The van der Waals surface area contributed by atoms with Gasteiger partial charge in [0.25, 0.3) is 0 Å². The van der Waals surface area contributed by atoms with Crippen LogP contribution in [0.15, 0.2) is 30.5 Å². The van der Waals surface area contributed by atoms with E-state index in [-0.39, 0.29) is 6.04 Å². The smallest absolute Gasteiger partial charge is 0.119 e. The lowest BCUT2D eigenvalue weighted by Crippen LogP contribution is -2.10. The first-order valence-electron chi connectivity index (χ1n) is 7.04. The molecule has 0 saturated heterocycles. The zero-order chi connectivity index (χ0) is 14.4. The van der Waals surface area contributed by atoms with Gasteiger partial charge in [-0.1, -0.05) is 36.3 Å². The Kier molecular flexibility index (Phi) is 5.12. The molecule has 2 rings (SSSR count). The third-order valence-electron chi connectivity index (χ3n) is 3.15. The van der Waals surface area contributed by atoms with Crippen molar-refractivity contribution in [1.29, 1.82) is 0 Å². The largest absolute Gasteiger partial charge is 0.492 e. The van der Waals surface area contributed by atoms with Gasteiger partial charge in [-0.15, -0.1) is 5.10 Å². The van der Waals surface area contributed by atoms with Gasteiger partial charge in [-0.3, -0.25) is 0 Å². The molecule has 1 unspecified atom stereocenters. The van der Waals surface area contributed by atoms with Gasteiger partial charge in [-0.05, 0) is 25.5 Å². The molecule has 20 heavy (non-hydrogen) atoms. The standard InChI is InChI=1S/C15H22N4O/c1-3-4-14(16)15-11-19(18-17-15)9-10-20-13-7-5-12(2)6-8-13/h5-8,11,14H,3-4,9-10,16H2,1-2H3. The van der Waals surface area contributed by atoms with Gasteiger partial charge in [0.2, 0.25) is 0 Å². The summed E-state index contributed by atoms with van der Waals surface area (Å²) in [6.07, 6.45) is 3.88. The first-order chi connectivity index (χ1) is 9.69. The summed E-state index contributed by atoms with van der Waals surface area (Å²) in [5.41, 5.74) is 8.08. The van der Waals surface area contributed by atoms with E-state index in [0.717, 1.165) is 24.3 Å². The zero-order valence-electron chi connectivity index (χ0n) is 12.1. The topological polar surface area (TPSA) is 66.0 Å². The average Bonchev–Trinajstić information content (AvgIpc) is 2.90. The molecular formula is C15H22N4O. The fourth-order valence-corrected chi connectivity index (χ4v) is 1.94. The molecule has 108 valence electrons. The molecule has 0 bridgehead atoms. The molecule has 0 saturated carbocycles. The van der Waals surface area contributed by atoms with E-state index >= 15 is 0 Å². The van der Waals surface area contributed by atoms with Crippen LogP contribution in [-0.2, 0) is 6.54 Å². The number of rotatable bonds is 7. The van der Waals surface area contributed by atoms with Gasteiger partial charge in [-0.25, -0.2) is 4.68 Å². The predicted molar refractivity (Wildman–Crippen MR) is 78.5 cm³/mol.